The molecular weight excluding hydrogens is 144 g/mol. The minimum absolute atomic E-state index is 0. The Morgan fingerprint density at radius 1 is 0.857 bits per heavy atom. The molecule has 0 saturated carbocycles. The van der Waals surface area contributed by atoms with Crippen molar-refractivity contribution < 1.29 is 0 Å². The van der Waals surface area contributed by atoms with E-state index in [0.717, 1.165) is 0 Å². The van der Waals surface area contributed by atoms with E-state index < -0.39 is 0 Å². The summed E-state index contributed by atoms with van der Waals surface area (Å²) in [7, 11) is 0. The highest BCUT2D eigenvalue weighted by Crippen LogP contribution is 1.91. The molecule has 0 aliphatic heterocycles. The summed E-state index contributed by atoms with van der Waals surface area (Å²) in [6, 6.07) is 4.04. The molecule has 0 aliphatic rings. The van der Waals surface area contributed by atoms with Crippen LogP contribution in [0, 0.1) is 0 Å². The monoisotopic (exact) mass is 152 g/mol. The van der Waals surface area contributed by atoms with Crippen LogP contribution in [0.15, 0.2) is 22.9 Å². The number of rotatable bonds is 0. The summed E-state index contributed by atoms with van der Waals surface area (Å²) in [5, 5.41) is 4.08. The fraction of sp³-hybridized carbons (Fsp3) is 0. The van der Waals surface area contributed by atoms with E-state index in [-0.39, 0.29) is 27.0 Å². The van der Waals surface area contributed by atoms with Crippen molar-refractivity contribution >= 4 is 38.3 Å². The molecule has 0 nitrogen and oxygen atoms in total. The van der Waals surface area contributed by atoms with Crippen molar-refractivity contribution in [1.82, 2.24) is 0 Å². The highest BCUT2D eigenvalue weighted by molar-refractivity contribution is 7.59. The van der Waals surface area contributed by atoms with Gasteiger partial charge < -0.3 is 0 Å². The Balaban J connectivity index is 0. The van der Waals surface area contributed by atoms with Gasteiger partial charge in [0.05, 0.1) is 0 Å². The van der Waals surface area contributed by atoms with E-state index in [1.54, 1.807) is 11.3 Å². The summed E-state index contributed by atoms with van der Waals surface area (Å²) in [5.74, 6) is 0. The van der Waals surface area contributed by atoms with Gasteiger partial charge in [0.2, 0.25) is 0 Å². The summed E-state index contributed by atoms with van der Waals surface area (Å²) in [6.07, 6.45) is 0. The highest BCUT2D eigenvalue weighted by atomic mass is 32.1. The Bertz CT molecular complexity index is 63.4. The number of hydrogen-bond donors (Lipinski definition) is 0. The summed E-state index contributed by atoms with van der Waals surface area (Å²) in [5.41, 5.74) is 0. The van der Waals surface area contributed by atoms with Crippen LogP contribution in [-0.2, 0) is 0 Å². The molecule has 0 fully saturated rings. The number of thiophene rings is 1. The van der Waals surface area contributed by atoms with Crippen molar-refractivity contribution in [2.24, 2.45) is 0 Å². The lowest BCUT2D eigenvalue weighted by Gasteiger charge is -1.39. The van der Waals surface area contributed by atoms with Gasteiger partial charge in [-0.05, 0) is 10.8 Å². The first kappa shape index (κ1) is 10.4. The van der Waals surface area contributed by atoms with Crippen LogP contribution in [0.25, 0.3) is 0 Å². The molecule has 0 unspecified atom stereocenters. The normalized spacial score (nSPS) is 5.71. The molecular formula is C4H8S3. The van der Waals surface area contributed by atoms with E-state index in [9.17, 15) is 0 Å². The lowest BCUT2D eigenvalue weighted by Crippen LogP contribution is -1.16. The molecule has 0 spiro atoms. The van der Waals surface area contributed by atoms with Crippen molar-refractivity contribution in [1.29, 1.82) is 0 Å². The lowest BCUT2D eigenvalue weighted by molar-refractivity contribution is 2.03. The molecule has 0 bridgehead atoms. The average molecular weight is 152 g/mol. The Hall–Kier alpha value is 0.400. The van der Waals surface area contributed by atoms with E-state index in [0.29, 0.717) is 0 Å². The molecule has 1 aromatic heterocycles. The predicted molar refractivity (Wildman–Crippen MR) is 45.1 cm³/mol. The molecule has 1 rings (SSSR count). The summed E-state index contributed by atoms with van der Waals surface area (Å²) >= 11 is 1.71. The molecule has 0 aliphatic carbocycles. The fourth-order valence-corrected chi connectivity index (χ4v) is 0.680. The maximum atomic E-state index is 2.04. The van der Waals surface area contributed by atoms with E-state index in [1.807, 2.05) is 22.9 Å². The third-order valence-electron chi connectivity index (χ3n) is 0.425. The molecule has 1 aromatic rings. The van der Waals surface area contributed by atoms with E-state index >= 15 is 0 Å². The largest absolute Gasteiger partial charge is 0.197 e. The summed E-state index contributed by atoms with van der Waals surface area (Å²) in [6.45, 7) is 0. The van der Waals surface area contributed by atoms with Gasteiger partial charge in [-0.15, -0.1) is 0 Å². The molecule has 0 atom stereocenters. The molecule has 0 amide bonds. The van der Waals surface area contributed by atoms with Crippen LogP contribution in [0.3, 0.4) is 0 Å². The maximum Gasteiger partial charge on any atom is -0.00934 e. The van der Waals surface area contributed by atoms with Crippen LogP contribution in [0.4, 0.5) is 0 Å². The van der Waals surface area contributed by atoms with Gasteiger partial charge in [-0.3, -0.25) is 0 Å². The summed E-state index contributed by atoms with van der Waals surface area (Å²) in [4.78, 5) is 0. The van der Waals surface area contributed by atoms with Gasteiger partial charge in [0.1, 0.15) is 0 Å². The Morgan fingerprint density at radius 2 is 1.29 bits per heavy atom. The standard InChI is InChI=1S/C4H4S.2H2S/c1-2-4-5-3-1;;/h1-4H;2*1H2. The Kier molecular flexibility index (Phi) is 9.50. The van der Waals surface area contributed by atoms with Gasteiger partial charge >= 0.3 is 0 Å². The van der Waals surface area contributed by atoms with Gasteiger partial charge in [0, 0.05) is 0 Å². The number of hydrogen-bond acceptors (Lipinski definition) is 1. The van der Waals surface area contributed by atoms with Gasteiger partial charge in [0.15, 0.2) is 0 Å². The zero-order valence-corrected chi connectivity index (χ0v) is 6.53. The molecule has 1 heterocycles. The highest BCUT2D eigenvalue weighted by Gasteiger charge is 1.58. The maximum absolute atomic E-state index is 2.04. The second-order valence-electron chi connectivity index (χ2n) is 0.793. The average Bonchev–Trinajstić information content (AvgIpc) is 1.76. The Labute approximate surface area is 61.5 Å². The second-order valence-corrected chi connectivity index (χ2v) is 1.61. The molecule has 3 heteroatoms. The lowest BCUT2D eigenvalue weighted by atomic mass is 10.7. The van der Waals surface area contributed by atoms with Crippen LogP contribution in [0.2, 0.25) is 0 Å². The third-order valence-corrected chi connectivity index (χ3v) is 1.05. The summed E-state index contributed by atoms with van der Waals surface area (Å²) < 4.78 is 0. The topological polar surface area (TPSA) is 0 Å². The zero-order valence-electron chi connectivity index (χ0n) is 3.72. The minimum Gasteiger partial charge on any atom is -0.197 e. The van der Waals surface area contributed by atoms with E-state index in [4.69, 9.17) is 0 Å². The van der Waals surface area contributed by atoms with E-state index in [2.05, 4.69) is 0 Å². The van der Waals surface area contributed by atoms with Crippen molar-refractivity contribution in [3.63, 3.8) is 0 Å². The predicted octanol–water partition coefficient (Wildman–Crippen LogP) is 1.97. The first-order valence-corrected chi connectivity index (χ1v) is 2.41. The van der Waals surface area contributed by atoms with Crippen LogP contribution in [-0.4, -0.2) is 0 Å². The van der Waals surface area contributed by atoms with Crippen molar-refractivity contribution in [3.8, 4) is 0 Å². The van der Waals surface area contributed by atoms with Gasteiger partial charge in [-0.1, -0.05) is 12.1 Å². The molecule has 7 heavy (non-hydrogen) atoms. The molecule has 0 N–H and O–H groups in total. The zero-order chi connectivity index (χ0) is 3.54. The smallest absolute Gasteiger partial charge is 0.00934 e. The van der Waals surface area contributed by atoms with Crippen LogP contribution in [0.1, 0.15) is 0 Å². The molecule has 42 valence electrons. The minimum atomic E-state index is 0. The first-order chi connectivity index (χ1) is 2.50. The molecule has 0 radical (unpaired) electrons. The quantitative estimate of drug-likeness (QED) is 0.533. The van der Waals surface area contributed by atoms with Crippen LogP contribution < -0.4 is 0 Å². The molecule has 0 aromatic carbocycles. The first-order valence-electron chi connectivity index (χ1n) is 1.47. The van der Waals surface area contributed by atoms with Crippen molar-refractivity contribution in [3.05, 3.63) is 22.9 Å². The van der Waals surface area contributed by atoms with Crippen LogP contribution in [0.5, 0.6) is 0 Å². The van der Waals surface area contributed by atoms with Crippen LogP contribution >= 0.6 is 38.3 Å². The second kappa shape index (κ2) is 6.40. The fourth-order valence-electron chi connectivity index (χ4n) is 0.227. The Morgan fingerprint density at radius 3 is 1.43 bits per heavy atom. The van der Waals surface area contributed by atoms with Crippen molar-refractivity contribution in [2.45, 2.75) is 0 Å². The van der Waals surface area contributed by atoms with Gasteiger partial charge in [-0.25, -0.2) is 0 Å². The van der Waals surface area contributed by atoms with Crippen molar-refractivity contribution in [2.75, 3.05) is 0 Å². The van der Waals surface area contributed by atoms with Gasteiger partial charge in [0.25, 0.3) is 0 Å². The molecule has 0 saturated heterocycles. The SMILES string of the molecule is S.S.c1ccsc1. The van der Waals surface area contributed by atoms with E-state index in [1.165, 1.54) is 0 Å². The third kappa shape index (κ3) is 4.25. The van der Waals surface area contributed by atoms with Gasteiger partial charge in [-0.2, -0.15) is 38.3 Å².